The number of alkyl halides is 1. The summed E-state index contributed by atoms with van der Waals surface area (Å²) in [5, 5.41) is 1.89. The van der Waals surface area contributed by atoms with Crippen LogP contribution in [0.15, 0.2) is 30.3 Å². The average molecular weight is 326 g/mol. The number of halogens is 1. The molecule has 18 heavy (non-hydrogen) atoms. The highest BCUT2D eigenvalue weighted by atomic mass is 79.9. The van der Waals surface area contributed by atoms with Gasteiger partial charge in [-0.1, -0.05) is 34.1 Å². The molecule has 0 aliphatic carbocycles. The number of hydrogen-bond donors (Lipinski definition) is 0. The van der Waals surface area contributed by atoms with Crippen molar-refractivity contribution in [3.05, 3.63) is 35.2 Å². The van der Waals surface area contributed by atoms with E-state index in [9.17, 15) is 4.79 Å². The molecule has 0 atom stereocenters. The van der Waals surface area contributed by atoms with Crippen molar-refractivity contribution >= 4 is 43.3 Å². The number of hydrogen-bond acceptors (Lipinski definition) is 2. The quantitative estimate of drug-likeness (QED) is 0.776. The van der Waals surface area contributed by atoms with Gasteiger partial charge in [-0.05, 0) is 31.4 Å². The van der Waals surface area contributed by atoms with Gasteiger partial charge in [-0.2, -0.15) is 0 Å². The van der Waals surface area contributed by atoms with Gasteiger partial charge in [0.25, 0.3) is 5.91 Å². The first-order chi connectivity index (χ1) is 8.45. The lowest BCUT2D eigenvalue weighted by molar-refractivity contribution is 0.0669. The summed E-state index contributed by atoms with van der Waals surface area (Å²) in [5.74, 6) is 0.0839. The maximum absolute atomic E-state index is 12.4. The van der Waals surface area contributed by atoms with Crippen LogP contribution < -0.4 is 0 Å². The number of amides is 1. The van der Waals surface area contributed by atoms with Crippen LogP contribution in [0.25, 0.3) is 10.1 Å². The van der Waals surface area contributed by atoms with Crippen molar-refractivity contribution in [3.63, 3.8) is 0 Å². The number of thiophene rings is 1. The largest absolute Gasteiger partial charge is 0.335 e. The van der Waals surface area contributed by atoms with Gasteiger partial charge in [0.15, 0.2) is 0 Å². The van der Waals surface area contributed by atoms with Gasteiger partial charge in [-0.25, -0.2) is 0 Å². The number of carbonyl (C=O) groups excluding carboxylic acids is 1. The molecule has 2 nitrogen and oxygen atoms in total. The maximum atomic E-state index is 12.4. The number of nitrogens with zero attached hydrogens (tertiary/aromatic N) is 1. The lowest BCUT2D eigenvalue weighted by atomic mass is 10.1. The Bertz CT molecular complexity index is 543. The minimum Gasteiger partial charge on any atom is -0.335 e. The fourth-order valence-electron chi connectivity index (χ4n) is 1.62. The molecule has 0 fully saturated rings. The summed E-state index contributed by atoms with van der Waals surface area (Å²) in [6.45, 7) is 4.10. The Balaban J connectivity index is 2.34. The molecule has 96 valence electrons. The van der Waals surface area contributed by atoms with Crippen LogP contribution in [-0.2, 0) is 0 Å². The first-order valence-electron chi connectivity index (χ1n) is 5.78. The summed E-state index contributed by atoms with van der Waals surface area (Å²) < 4.78 is 1.16. The van der Waals surface area contributed by atoms with Crippen LogP contribution in [-0.4, -0.2) is 28.7 Å². The molecule has 1 aromatic carbocycles. The van der Waals surface area contributed by atoms with Crippen LogP contribution >= 0.6 is 27.3 Å². The molecule has 4 heteroatoms. The van der Waals surface area contributed by atoms with Crippen LogP contribution in [0.2, 0.25) is 0 Å². The topological polar surface area (TPSA) is 20.3 Å². The predicted octanol–water partition coefficient (Wildman–Crippen LogP) is 4.15. The zero-order valence-electron chi connectivity index (χ0n) is 10.7. The number of fused-ring (bicyclic) bond motifs is 1. The summed E-state index contributed by atoms with van der Waals surface area (Å²) in [4.78, 5) is 15.0. The van der Waals surface area contributed by atoms with E-state index in [0.29, 0.717) is 0 Å². The second-order valence-corrected chi connectivity index (χ2v) is 6.60. The highest BCUT2D eigenvalue weighted by molar-refractivity contribution is 9.09. The molecular weight excluding hydrogens is 310 g/mol. The molecule has 2 aromatic rings. The molecule has 1 amide bonds. The third-order valence-electron chi connectivity index (χ3n) is 3.18. The highest BCUT2D eigenvalue weighted by Crippen LogP contribution is 2.28. The summed E-state index contributed by atoms with van der Waals surface area (Å²) >= 11 is 5.01. The Morgan fingerprint density at radius 3 is 2.67 bits per heavy atom. The van der Waals surface area contributed by atoms with Gasteiger partial charge >= 0.3 is 0 Å². The number of benzene rings is 1. The molecular formula is C14H16BrNOS. The molecule has 0 aliphatic heterocycles. The maximum Gasteiger partial charge on any atom is 0.264 e. The molecule has 0 bridgehead atoms. The molecule has 0 N–H and O–H groups in total. The number of carbonyl (C=O) groups is 1. The summed E-state index contributed by atoms with van der Waals surface area (Å²) in [6.07, 6.45) is 0. The van der Waals surface area contributed by atoms with Crippen molar-refractivity contribution in [1.29, 1.82) is 0 Å². The van der Waals surface area contributed by atoms with E-state index in [0.717, 1.165) is 20.3 Å². The van der Waals surface area contributed by atoms with Crippen molar-refractivity contribution in [2.75, 3.05) is 12.4 Å². The van der Waals surface area contributed by atoms with Gasteiger partial charge in [-0.3, -0.25) is 4.79 Å². The Labute approximate surface area is 120 Å². The van der Waals surface area contributed by atoms with E-state index in [2.05, 4.69) is 15.9 Å². The molecule has 0 unspecified atom stereocenters. The second-order valence-electron chi connectivity index (χ2n) is 4.96. The Morgan fingerprint density at radius 1 is 1.39 bits per heavy atom. The Kier molecular flexibility index (Phi) is 3.78. The fourth-order valence-corrected chi connectivity index (χ4v) is 3.03. The molecule has 0 radical (unpaired) electrons. The first kappa shape index (κ1) is 13.6. The summed E-state index contributed by atoms with van der Waals surface area (Å²) in [7, 11) is 1.86. The Morgan fingerprint density at radius 2 is 2.06 bits per heavy atom. The van der Waals surface area contributed by atoms with Gasteiger partial charge < -0.3 is 4.90 Å². The third kappa shape index (κ3) is 2.45. The molecule has 1 heterocycles. The van der Waals surface area contributed by atoms with Crippen LogP contribution in [0.3, 0.4) is 0 Å². The lowest BCUT2D eigenvalue weighted by Gasteiger charge is -2.33. The van der Waals surface area contributed by atoms with Crippen molar-refractivity contribution in [2.45, 2.75) is 19.4 Å². The van der Waals surface area contributed by atoms with E-state index in [1.54, 1.807) is 16.2 Å². The minimum absolute atomic E-state index is 0.0839. The molecule has 0 saturated carbocycles. The second kappa shape index (κ2) is 5.02. The molecule has 0 saturated heterocycles. The molecule has 0 spiro atoms. The van der Waals surface area contributed by atoms with Crippen molar-refractivity contribution in [1.82, 2.24) is 4.90 Å². The van der Waals surface area contributed by atoms with Crippen molar-refractivity contribution < 1.29 is 4.79 Å². The molecule has 0 aliphatic rings. The smallest absolute Gasteiger partial charge is 0.264 e. The van der Waals surface area contributed by atoms with E-state index < -0.39 is 0 Å². The van der Waals surface area contributed by atoms with Gasteiger partial charge in [-0.15, -0.1) is 11.3 Å². The highest BCUT2D eigenvalue weighted by Gasteiger charge is 2.28. The van der Waals surface area contributed by atoms with Crippen LogP contribution in [0.4, 0.5) is 0 Å². The minimum atomic E-state index is -0.187. The SMILES string of the molecule is CN(C(=O)c1cc2ccccc2s1)C(C)(C)CBr. The zero-order valence-corrected chi connectivity index (χ0v) is 13.1. The van der Waals surface area contributed by atoms with E-state index in [4.69, 9.17) is 0 Å². The summed E-state index contributed by atoms with van der Waals surface area (Å²) in [6, 6.07) is 10.1. The van der Waals surface area contributed by atoms with Gasteiger partial charge in [0.2, 0.25) is 0 Å². The fraction of sp³-hybridized carbons (Fsp3) is 0.357. The average Bonchev–Trinajstić information content (AvgIpc) is 2.80. The standard InChI is InChI=1S/C14H16BrNOS/c1-14(2,9-15)16(3)13(17)12-8-10-6-4-5-7-11(10)18-12/h4-8H,9H2,1-3H3. The van der Waals surface area contributed by atoms with Gasteiger partial charge in [0.1, 0.15) is 0 Å². The lowest BCUT2D eigenvalue weighted by Crippen LogP contribution is -2.46. The molecule has 2 rings (SSSR count). The normalized spacial score (nSPS) is 11.8. The number of rotatable bonds is 3. The van der Waals surface area contributed by atoms with E-state index in [1.807, 2.05) is 51.2 Å². The van der Waals surface area contributed by atoms with Crippen LogP contribution in [0.1, 0.15) is 23.5 Å². The Hall–Kier alpha value is -0.870. The van der Waals surface area contributed by atoms with Gasteiger partial charge in [0, 0.05) is 22.6 Å². The zero-order chi connectivity index (χ0) is 13.3. The van der Waals surface area contributed by atoms with E-state index in [-0.39, 0.29) is 11.4 Å². The van der Waals surface area contributed by atoms with Gasteiger partial charge in [0.05, 0.1) is 4.88 Å². The summed E-state index contributed by atoms with van der Waals surface area (Å²) in [5.41, 5.74) is -0.187. The van der Waals surface area contributed by atoms with E-state index in [1.165, 1.54) is 0 Å². The molecule has 1 aromatic heterocycles. The van der Waals surface area contributed by atoms with Crippen LogP contribution in [0, 0.1) is 0 Å². The monoisotopic (exact) mass is 325 g/mol. The first-order valence-corrected chi connectivity index (χ1v) is 7.72. The van der Waals surface area contributed by atoms with Crippen LogP contribution in [0.5, 0.6) is 0 Å². The third-order valence-corrected chi connectivity index (χ3v) is 5.65. The van der Waals surface area contributed by atoms with Crippen molar-refractivity contribution in [3.8, 4) is 0 Å². The predicted molar refractivity (Wildman–Crippen MR) is 81.8 cm³/mol. The van der Waals surface area contributed by atoms with Crippen molar-refractivity contribution in [2.24, 2.45) is 0 Å². The van der Waals surface area contributed by atoms with E-state index >= 15 is 0 Å².